The van der Waals surface area contributed by atoms with Crippen molar-refractivity contribution in [3.63, 3.8) is 0 Å². The van der Waals surface area contributed by atoms with Crippen molar-refractivity contribution in [2.45, 2.75) is 17.9 Å². The molecule has 0 aliphatic rings. The van der Waals surface area contributed by atoms with E-state index in [1.165, 1.54) is 34.4 Å². The Balaban J connectivity index is 1.54. The summed E-state index contributed by atoms with van der Waals surface area (Å²) < 4.78 is 20.2. The summed E-state index contributed by atoms with van der Waals surface area (Å²) in [4.78, 5) is 21.0. The van der Waals surface area contributed by atoms with Gasteiger partial charge >= 0.3 is 0 Å². The predicted molar refractivity (Wildman–Crippen MR) is 97.7 cm³/mol. The van der Waals surface area contributed by atoms with Crippen molar-refractivity contribution < 1.29 is 8.81 Å². The van der Waals surface area contributed by atoms with Crippen LogP contribution in [0.4, 0.5) is 4.39 Å². The molecule has 130 valence electrons. The highest BCUT2D eigenvalue weighted by atomic mass is 32.2. The van der Waals surface area contributed by atoms with E-state index in [-0.39, 0.29) is 11.4 Å². The summed E-state index contributed by atoms with van der Waals surface area (Å²) in [5.74, 6) is 0.727. The van der Waals surface area contributed by atoms with Gasteiger partial charge in [-0.05, 0) is 42.8 Å². The number of aromatic nitrogens is 3. The van der Waals surface area contributed by atoms with E-state index < -0.39 is 0 Å². The van der Waals surface area contributed by atoms with Gasteiger partial charge in [-0.2, -0.15) is 0 Å². The fraction of sp³-hybridized carbons (Fsp3) is 0.105. The summed E-state index contributed by atoms with van der Waals surface area (Å²) >= 11 is 1.35. The Morgan fingerprint density at radius 1 is 1.23 bits per heavy atom. The van der Waals surface area contributed by atoms with E-state index in [1.807, 2.05) is 19.1 Å². The molecule has 0 atom stereocenters. The van der Waals surface area contributed by atoms with E-state index in [9.17, 15) is 9.18 Å². The highest BCUT2D eigenvalue weighted by Gasteiger charge is 2.10. The molecule has 1 aromatic carbocycles. The first-order valence-electron chi connectivity index (χ1n) is 7.92. The fourth-order valence-corrected chi connectivity index (χ4v) is 3.29. The first-order valence-corrected chi connectivity index (χ1v) is 8.91. The lowest BCUT2D eigenvalue weighted by Crippen LogP contribution is -2.15. The molecule has 7 heteroatoms. The molecular weight excluding hydrogens is 353 g/mol. The van der Waals surface area contributed by atoms with E-state index in [4.69, 9.17) is 4.42 Å². The summed E-state index contributed by atoms with van der Waals surface area (Å²) in [6.07, 6.45) is 3.31. The molecule has 0 amide bonds. The summed E-state index contributed by atoms with van der Waals surface area (Å²) in [6.45, 7) is 1.92. The van der Waals surface area contributed by atoms with Crippen LogP contribution in [0.25, 0.3) is 17.0 Å². The molecule has 4 rings (SSSR count). The standard InChI is InChI=1S/C19H14FN3O2S/c1-12-3-2-8-23-17(24)9-15(22-18(12)23)11-26-19-21-10-16(25-19)13-4-6-14(20)7-5-13/h2-10H,11H2,1H3. The highest BCUT2D eigenvalue weighted by Crippen LogP contribution is 2.27. The minimum Gasteiger partial charge on any atom is -0.431 e. The van der Waals surface area contributed by atoms with Gasteiger partial charge in [0.15, 0.2) is 5.76 Å². The van der Waals surface area contributed by atoms with E-state index >= 15 is 0 Å². The third-order valence-electron chi connectivity index (χ3n) is 3.90. The number of benzene rings is 1. The summed E-state index contributed by atoms with van der Waals surface area (Å²) in [5, 5.41) is 0.469. The minimum atomic E-state index is -0.299. The second-order valence-electron chi connectivity index (χ2n) is 5.76. The molecule has 5 nitrogen and oxygen atoms in total. The number of halogens is 1. The van der Waals surface area contributed by atoms with Crippen molar-refractivity contribution >= 4 is 17.4 Å². The van der Waals surface area contributed by atoms with Crippen LogP contribution in [-0.4, -0.2) is 14.4 Å². The van der Waals surface area contributed by atoms with Crippen LogP contribution in [0.1, 0.15) is 11.3 Å². The number of hydrogen-bond donors (Lipinski definition) is 0. The normalized spacial score (nSPS) is 11.2. The van der Waals surface area contributed by atoms with Gasteiger partial charge in [-0.3, -0.25) is 9.20 Å². The molecule has 3 aromatic heterocycles. The molecule has 0 unspecified atom stereocenters. The summed E-state index contributed by atoms with van der Waals surface area (Å²) in [7, 11) is 0. The van der Waals surface area contributed by atoms with E-state index in [1.54, 1.807) is 24.5 Å². The lowest BCUT2D eigenvalue weighted by atomic mass is 10.2. The molecule has 0 radical (unpaired) electrons. The van der Waals surface area contributed by atoms with Crippen molar-refractivity contribution in [2.75, 3.05) is 0 Å². The topological polar surface area (TPSA) is 60.4 Å². The maximum Gasteiger partial charge on any atom is 0.258 e. The molecule has 0 bridgehead atoms. The Labute approximate surface area is 152 Å². The van der Waals surface area contributed by atoms with Crippen LogP contribution in [0.15, 0.2) is 69.3 Å². The van der Waals surface area contributed by atoms with Gasteiger partial charge in [-0.25, -0.2) is 14.4 Å². The molecule has 0 N–H and O–H groups in total. The first kappa shape index (κ1) is 16.5. The van der Waals surface area contributed by atoms with Gasteiger partial charge < -0.3 is 4.42 Å². The lowest BCUT2D eigenvalue weighted by Gasteiger charge is -2.05. The monoisotopic (exact) mass is 367 g/mol. The second kappa shape index (κ2) is 6.76. The smallest absolute Gasteiger partial charge is 0.258 e. The molecule has 0 fully saturated rings. The fourth-order valence-electron chi connectivity index (χ4n) is 2.59. The molecule has 0 spiro atoms. The molecule has 4 aromatic rings. The van der Waals surface area contributed by atoms with Gasteiger partial charge in [0.1, 0.15) is 11.5 Å². The van der Waals surface area contributed by atoms with Crippen molar-refractivity contribution in [3.8, 4) is 11.3 Å². The van der Waals surface area contributed by atoms with Crippen molar-refractivity contribution in [3.05, 3.63) is 82.3 Å². The third kappa shape index (κ3) is 3.25. The molecule has 0 saturated heterocycles. The average molecular weight is 367 g/mol. The molecule has 0 aliphatic carbocycles. The van der Waals surface area contributed by atoms with Crippen LogP contribution in [0.2, 0.25) is 0 Å². The molecule has 3 heterocycles. The zero-order valence-corrected chi connectivity index (χ0v) is 14.7. The van der Waals surface area contributed by atoms with Crippen LogP contribution in [-0.2, 0) is 5.75 Å². The summed E-state index contributed by atoms with van der Waals surface area (Å²) in [5.41, 5.74) is 2.88. The average Bonchev–Trinajstić information content (AvgIpc) is 3.10. The number of rotatable bonds is 4. The second-order valence-corrected chi connectivity index (χ2v) is 6.68. The Hall–Kier alpha value is -2.93. The number of fused-ring (bicyclic) bond motifs is 1. The maximum atomic E-state index is 13.0. The lowest BCUT2D eigenvalue weighted by molar-refractivity contribution is 0.466. The minimum absolute atomic E-state index is 0.117. The molecular formula is C19H14FN3O2S. The van der Waals surface area contributed by atoms with Crippen molar-refractivity contribution in [2.24, 2.45) is 0 Å². The molecule has 26 heavy (non-hydrogen) atoms. The Bertz CT molecular complexity index is 1140. The number of hydrogen-bond acceptors (Lipinski definition) is 5. The van der Waals surface area contributed by atoms with E-state index in [0.717, 1.165) is 11.1 Å². The van der Waals surface area contributed by atoms with Crippen LogP contribution in [0.3, 0.4) is 0 Å². The number of nitrogens with zero attached hydrogens (tertiary/aromatic N) is 3. The quantitative estimate of drug-likeness (QED) is 0.509. The van der Waals surface area contributed by atoms with Gasteiger partial charge in [0.05, 0.1) is 11.9 Å². The number of pyridine rings is 1. The van der Waals surface area contributed by atoms with Crippen LogP contribution < -0.4 is 5.56 Å². The molecule has 0 aliphatic heterocycles. The first-order chi connectivity index (χ1) is 12.6. The van der Waals surface area contributed by atoms with Crippen molar-refractivity contribution in [1.82, 2.24) is 14.4 Å². The maximum absolute atomic E-state index is 13.0. The van der Waals surface area contributed by atoms with Crippen LogP contribution >= 0.6 is 11.8 Å². The summed E-state index contributed by atoms with van der Waals surface area (Å²) in [6, 6.07) is 11.3. The van der Waals surface area contributed by atoms with Gasteiger partial charge in [-0.1, -0.05) is 17.8 Å². The van der Waals surface area contributed by atoms with Gasteiger partial charge in [0.2, 0.25) is 0 Å². The van der Waals surface area contributed by atoms with Gasteiger partial charge in [0, 0.05) is 23.6 Å². The zero-order valence-electron chi connectivity index (χ0n) is 13.8. The zero-order chi connectivity index (χ0) is 18.1. The highest BCUT2D eigenvalue weighted by molar-refractivity contribution is 7.98. The van der Waals surface area contributed by atoms with E-state index in [2.05, 4.69) is 9.97 Å². The third-order valence-corrected chi connectivity index (χ3v) is 4.77. The van der Waals surface area contributed by atoms with Crippen LogP contribution in [0.5, 0.6) is 0 Å². The number of thioether (sulfide) groups is 1. The Morgan fingerprint density at radius 3 is 2.85 bits per heavy atom. The van der Waals surface area contributed by atoms with Crippen LogP contribution in [0, 0.1) is 12.7 Å². The van der Waals surface area contributed by atoms with Gasteiger partial charge in [0.25, 0.3) is 10.8 Å². The largest absolute Gasteiger partial charge is 0.431 e. The van der Waals surface area contributed by atoms with Gasteiger partial charge in [-0.15, -0.1) is 0 Å². The number of aryl methyl sites for hydroxylation is 1. The van der Waals surface area contributed by atoms with Crippen molar-refractivity contribution in [1.29, 1.82) is 0 Å². The van der Waals surface area contributed by atoms with E-state index in [0.29, 0.717) is 28.1 Å². The number of oxazole rings is 1. The molecule has 0 saturated carbocycles. The Kier molecular flexibility index (Phi) is 4.30. The Morgan fingerprint density at radius 2 is 2.04 bits per heavy atom. The predicted octanol–water partition coefficient (Wildman–Crippen LogP) is 4.09. The SMILES string of the molecule is Cc1cccn2c(=O)cc(CSc3ncc(-c4ccc(F)cc4)o3)nc12.